The molecule has 46 heavy (non-hydrogen) atoms. The number of hydrogen-bond donors (Lipinski definition) is 1. The number of ether oxygens (including phenoxy) is 4. The highest BCUT2D eigenvalue weighted by molar-refractivity contribution is 6.07. The average Bonchev–Trinajstić information content (AvgIpc) is 3.40. The Morgan fingerprint density at radius 3 is 2.74 bits per heavy atom. The van der Waals surface area contributed by atoms with Crippen LogP contribution in [0.4, 0.5) is 0 Å². The van der Waals surface area contributed by atoms with Crippen LogP contribution in [0.5, 0.6) is 17.2 Å². The minimum absolute atomic E-state index is 0.0435. The summed E-state index contributed by atoms with van der Waals surface area (Å²) in [6.07, 6.45) is 2.99. The van der Waals surface area contributed by atoms with Crippen molar-refractivity contribution in [1.29, 1.82) is 0 Å². The van der Waals surface area contributed by atoms with E-state index >= 15 is 0 Å². The molecule has 4 aromatic rings. The van der Waals surface area contributed by atoms with Crippen molar-refractivity contribution in [2.75, 3.05) is 47.0 Å². The Balaban J connectivity index is 1.27. The number of aryl methyl sites for hydroxylation is 1. The molecule has 0 aliphatic carbocycles. The zero-order valence-corrected chi connectivity index (χ0v) is 26.7. The molecule has 10 heteroatoms. The van der Waals surface area contributed by atoms with Gasteiger partial charge in [0.1, 0.15) is 5.75 Å². The van der Waals surface area contributed by atoms with Crippen LogP contribution in [0.15, 0.2) is 72.9 Å². The van der Waals surface area contributed by atoms with Crippen LogP contribution in [0.3, 0.4) is 0 Å². The van der Waals surface area contributed by atoms with Gasteiger partial charge in [-0.25, -0.2) is 0 Å². The molecule has 10 nitrogen and oxygen atoms in total. The first-order valence-corrected chi connectivity index (χ1v) is 15.8. The number of methoxy groups -OCH3 is 2. The lowest BCUT2D eigenvalue weighted by atomic mass is 10.00. The Morgan fingerprint density at radius 2 is 1.89 bits per heavy atom. The van der Waals surface area contributed by atoms with Crippen LogP contribution in [0.25, 0.3) is 10.9 Å². The lowest BCUT2D eigenvalue weighted by molar-refractivity contribution is -0.125. The average molecular weight is 627 g/mol. The van der Waals surface area contributed by atoms with Crippen LogP contribution >= 0.6 is 0 Å². The van der Waals surface area contributed by atoms with Gasteiger partial charge < -0.3 is 33.7 Å². The summed E-state index contributed by atoms with van der Waals surface area (Å²) in [6, 6.07) is 21.2. The van der Waals surface area contributed by atoms with Crippen molar-refractivity contribution < 1.29 is 28.5 Å². The number of piperidine rings is 1. The number of carbonyl (C=O) groups is 2. The van der Waals surface area contributed by atoms with Crippen molar-refractivity contribution in [3.05, 3.63) is 89.6 Å². The number of hydrogen-bond acceptors (Lipinski definition) is 7. The Morgan fingerprint density at radius 1 is 1.02 bits per heavy atom. The highest BCUT2D eigenvalue weighted by Crippen LogP contribution is 2.33. The molecule has 1 fully saturated rings. The van der Waals surface area contributed by atoms with Crippen LogP contribution in [0, 0.1) is 0 Å². The number of likely N-dealkylation sites (tertiary alicyclic amines) is 1. The number of para-hydroxylation sites is 1. The molecule has 6 rings (SSSR count). The predicted molar refractivity (Wildman–Crippen MR) is 175 cm³/mol. The van der Waals surface area contributed by atoms with Gasteiger partial charge in [-0.3, -0.25) is 14.5 Å². The first-order valence-electron chi connectivity index (χ1n) is 15.8. The molecule has 0 unspecified atom stereocenters. The normalized spacial score (nSPS) is 19.3. The molecule has 242 valence electrons. The van der Waals surface area contributed by atoms with Crippen LogP contribution in [0.1, 0.15) is 34.3 Å². The maximum Gasteiger partial charge on any atom is 0.256 e. The molecule has 1 saturated heterocycles. The summed E-state index contributed by atoms with van der Waals surface area (Å²) in [7, 11) is 5.25. The Hall–Kier alpha value is -4.38. The molecular formula is C36H42N4O6. The lowest BCUT2D eigenvalue weighted by Gasteiger charge is -2.39. The molecule has 1 N–H and O–H groups in total. The quantitative estimate of drug-likeness (QED) is 0.309. The third-order valence-electron chi connectivity index (χ3n) is 8.72. The Bertz CT molecular complexity index is 1690. The second-order valence-corrected chi connectivity index (χ2v) is 12.0. The molecule has 1 aromatic heterocycles. The van der Waals surface area contributed by atoms with Gasteiger partial charge in [0.15, 0.2) is 11.5 Å². The van der Waals surface area contributed by atoms with E-state index in [-0.39, 0.29) is 30.5 Å². The van der Waals surface area contributed by atoms with Crippen molar-refractivity contribution in [2.45, 2.75) is 38.1 Å². The minimum atomic E-state index is -0.374. The van der Waals surface area contributed by atoms with E-state index < -0.39 is 0 Å². The number of benzene rings is 3. The fraction of sp³-hybridized carbons (Fsp3) is 0.389. The third kappa shape index (κ3) is 7.20. The van der Waals surface area contributed by atoms with Crippen LogP contribution in [-0.4, -0.2) is 85.3 Å². The van der Waals surface area contributed by atoms with Crippen molar-refractivity contribution >= 4 is 22.7 Å². The van der Waals surface area contributed by atoms with Gasteiger partial charge in [0.25, 0.3) is 5.91 Å². The second kappa shape index (κ2) is 14.4. The molecule has 3 aromatic carbocycles. The fourth-order valence-electron chi connectivity index (χ4n) is 6.42. The number of carbonyl (C=O) groups excluding carboxylic acids is 2. The van der Waals surface area contributed by atoms with E-state index in [0.29, 0.717) is 68.6 Å². The van der Waals surface area contributed by atoms with Gasteiger partial charge in [0, 0.05) is 64.0 Å². The molecule has 0 saturated carbocycles. The summed E-state index contributed by atoms with van der Waals surface area (Å²) < 4.78 is 25.7. The largest absolute Gasteiger partial charge is 0.493 e. The number of aromatic nitrogens is 1. The summed E-state index contributed by atoms with van der Waals surface area (Å²) in [5.74, 6) is 1.76. The van der Waals surface area contributed by atoms with E-state index in [1.165, 1.54) is 0 Å². The van der Waals surface area contributed by atoms with Crippen LogP contribution < -0.4 is 14.8 Å². The van der Waals surface area contributed by atoms with Gasteiger partial charge in [-0.15, -0.1) is 0 Å². The molecule has 2 aliphatic heterocycles. The first kappa shape index (κ1) is 31.6. The summed E-state index contributed by atoms with van der Waals surface area (Å²) in [5, 5.41) is 4.17. The van der Waals surface area contributed by atoms with E-state index in [4.69, 9.17) is 18.9 Å². The van der Waals surface area contributed by atoms with Gasteiger partial charge in [0.05, 0.1) is 38.0 Å². The molecule has 2 amide bonds. The van der Waals surface area contributed by atoms with Crippen LogP contribution in [-0.2, 0) is 34.5 Å². The molecular weight excluding hydrogens is 584 g/mol. The summed E-state index contributed by atoms with van der Waals surface area (Å²) in [4.78, 5) is 31.5. The maximum absolute atomic E-state index is 13.9. The molecule has 2 aliphatic rings. The number of nitrogens with zero attached hydrogens (tertiary/aromatic N) is 3. The zero-order chi connectivity index (χ0) is 32.0. The monoisotopic (exact) mass is 626 g/mol. The first-order chi connectivity index (χ1) is 22.4. The van der Waals surface area contributed by atoms with Crippen molar-refractivity contribution in [1.82, 2.24) is 19.7 Å². The number of amides is 2. The van der Waals surface area contributed by atoms with E-state index in [9.17, 15) is 9.59 Å². The number of nitrogens with one attached hydrogen (secondary N) is 1. The van der Waals surface area contributed by atoms with Gasteiger partial charge in [-0.1, -0.05) is 36.4 Å². The highest BCUT2D eigenvalue weighted by Gasteiger charge is 2.35. The second-order valence-electron chi connectivity index (χ2n) is 12.0. The van der Waals surface area contributed by atoms with Gasteiger partial charge in [0.2, 0.25) is 5.91 Å². The molecule has 0 spiro atoms. The Kier molecular flexibility index (Phi) is 9.87. The molecule has 3 heterocycles. The lowest BCUT2D eigenvalue weighted by Crippen LogP contribution is -2.58. The standard InChI is InChI=1S/C36H42N4O6/c1-38-21-29(28-10-4-5-11-31(28)38)36(42)40-16-14-32-30(22-40)37-35(41)23-39(15-7-17-43-2)20-25-12-13-33(44-3)34(19-25)46-27-9-6-8-26(18-27)24-45-32/h4-6,8-13,18-19,21,30,32H,7,14-17,20,22-24H2,1-3H3,(H,37,41)/t30-,32+/m0/s1. The van der Waals surface area contributed by atoms with Crippen molar-refractivity contribution in [2.24, 2.45) is 7.05 Å². The summed E-state index contributed by atoms with van der Waals surface area (Å²) >= 11 is 0. The van der Waals surface area contributed by atoms with Gasteiger partial charge in [-0.05, 0) is 54.3 Å². The van der Waals surface area contributed by atoms with E-state index in [1.807, 2.05) is 89.4 Å². The molecule has 4 bridgehead atoms. The molecule has 0 radical (unpaired) electrons. The third-order valence-corrected chi connectivity index (χ3v) is 8.72. The van der Waals surface area contributed by atoms with E-state index in [2.05, 4.69) is 10.2 Å². The highest BCUT2D eigenvalue weighted by atomic mass is 16.5. The number of rotatable bonds is 6. The predicted octanol–water partition coefficient (Wildman–Crippen LogP) is 4.75. The van der Waals surface area contributed by atoms with E-state index in [0.717, 1.165) is 28.5 Å². The SMILES string of the molecule is COCCCN1CC(=O)N[C@H]2CN(C(=O)c3cn(C)c4ccccc34)CC[C@H]2OCc2cccc(c2)Oc2cc(ccc2OC)C1. The van der Waals surface area contributed by atoms with Crippen molar-refractivity contribution in [3.8, 4) is 17.2 Å². The number of fused-ring (bicyclic) bond motifs is 6. The maximum atomic E-state index is 13.9. The summed E-state index contributed by atoms with van der Waals surface area (Å²) in [5.41, 5.74) is 3.61. The topological polar surface area (TPSA) is 94.5 Å². The van der Waals surface area contributed by atoms with Crippen LogP contribution in [0.2, 0.25) is 0 Å². The van der Waals surface area contributed by atoms with Crippen molar-refractivity contribution in [3.63, 3.8) is 0 Å². The summed E-state index contributed by atoms with van der Waals surface area (Å²) in [6.45, 7) is 3.20. The minimum Gasteiger partial charge on any atom is -0.493 e. The Labute approximate surface area is 269 Å². The molecule has 2 atom stereocenters. The van der Waals surface area contributed by atoms with Gasteiger partial charge >= 0.3 is 0 Å². The van der Waals surface area contributed by atoms with E-state index in [1.54, 1.807) is 14.2 Å². The fourth-order valence-corrected chi connectivity index (χ4v) is 6.42. The zero-order valence-electron chi connectivity index (χ0n) is 26.7. The van der Waals surface area contributed by atoms with Gasteiger partial charge in [-0.2, -0.15) is 0 Å². The smallest absolute Gasteiger partial charge is 0.256 e.